The van der Waals surface area contributed by atoms with Gasteiger partial charge in [0.05, 0.1) is 15.9 Å². The van der Waals surface area contributed by atoms with Crippen molar-refractivity contribution in [2.45, 2.75) is 18.8 Å². The minimum atomic E-state index is 0.0354. The van der Waals surface area contributed by atoms with E-state index in [1.54, 1.807) is 4.57 Å². The molecule has 4 heterocycles. The number of piperidine rings is 1. The Morgan fingerprint density at radius 1 is 1.27 bits per heavy atom. The molecule has 0 aromatic carbocycles. The van der Waals surface area contributed by atoms with Gasteiger partial charge < -0.3 is 5.32 Å². The standard InChI is InChI=1S/C17H17N3OS/c21-17(15-4-2-10-22-15)20-11-13(12-5-8-18-9-6-12)16-14(20)3-1-7-19-16/h1-4,7,10-12,18H,5-6,8-9H2. The molecule has 0 atom stereocenters. The van der Waals surface area contributed by atoms with Crippen LogP contribution in [0.5, 0.6) is 0 Å². The molecule has 0 saturated carbocycles. The van der Waals surface area contributed by atoms with E-state index in [0.717, 1.165) is 41.8 Å². The highest BCUT2D eigenvalue weighted by Gasteiger charge is 2.23. The second kappa shape index (κ2) is 5.66. The van der Waals surface area contributed by atoms with Gasteiger partial charge in [0, 0.05) is 12.4 Å². The van der Waals surface area contributed by atoms with Crippen LogP contribution in [0.4, 0.5) is 0 Å². The first-order chi connectivity index (χ1) is 10.8. The zero-order valence-electron chi connectivity index (χ0n) is 12.2. The number of aromatic nitrogens is 2. The van der Waals surface area contributed by atoms with Crippen LogP contribution in [0.1, 0.15) is 34.0 Å². The Labute approximate surface area is 132 Å². The SMILES string of the molecule is O=C(c1cccs1)n1cc(C2CCNCC2)c2ncccc21. The monoisotopic (exact) mass is 311 g/mol. The average molecular weight is 311 g/mol. The molecule has 0 radical (unpaired) electrons. The van der Waals surface area contributed by atoms with E-state index >= 15 is 0 Å². The van der Waals surface area contributed by atoms with E-state index in [-0.39, 0.29) is 5.91 Å². The summed E-state index contributed by atoms with van der Waals surface area (Å²) in [6.45, 7) is 2.06. The second-order valence-electron chi connectivity index (χ2n) is 5.63. The van der Waals surface area contributed by atoms with Gasteiger partial charge in [0.15, 0.2) is 0 Å². The maximum Gasteiger partial charge on any atom is 0.272 e. The summed E-state index contributed by atoms with van der Waals surface area (Å²) in [5.41, 5.74) is 3.09. The molecule has 0 unspecified atom stereocenters. The van der Waals surface area contributed by atoms with E-state index in [1.807, 2.05) is 42.0 Å². The fourth-order valence-corrected chi connectivity index (χ4v) is 3.86. The Morgan fingerprint density at radius 2 is 2.14 bits per heavy atom. The first-order valence-corrected chi connectivity index (χ1v) is 8.47. The van der Waals surface area contributed by atoms with Gasteiger partial charge in [-0.15, -0.1) is 11.3 Å². The number of rotatable bonds is 2. The average Bonchev–Trinajstić information content (AvgIpc) is 3.23. The third kappa shape index (κ3) is 2.26. The van der Waals surface area contributed by atoms with Crippen molar-refractivity contribution in [2.75, 3.05) is 13.1 Å². The summed E-state index contributed by atoms with van der Waals surface area (Å²) in [5.74, 6) is 0.518. The summed E-state index contributed by atoms with van der Waals surface area (Å²) < 4.78 is 1.77. The van der Waals surface area contributed by atoms with Crippen LogP contribution in [0.15, 0.2) is 42.0 Å². The summed E-state index contributed by atoms with van der Waals surface area (Å²) in [6, 6.07) is 7.67. The van der Waals surface area contributed by atoms with Crippen molar-refractivity contribution in [2.24, 2.45) is 0 Å². The Kier molecular flexibility index (Phi) is 3.52. The van der Waals surface area contributed by atoms with Gasteiger partial charge in [0.2, 0.25) is 0 Å². The lowest BCUT2D eigenvalue weighted by atomic mass is 9.91. The number of hydrogen-bond donors (Lipinski definition) is 1. The maximum atomic E-state index is 12.8. The normalized spacial score (nSPS) is 16.2. The molecule has 0 bridgehead atoms. The molecule has 1 N–H and O–H groups in total. The molecule has 3 aromatic rings. The Hall–Kier alpha value is -1.98. The van der Waals surface area contributed by atoms with Crippen molar-refractivity contribution in [3.05, 3.63) is 52.5 Å². The quantitative estimate of drug-likeness (QED) is 0.790. The van der Waals surface area contributed by atoms with Gasteiger partial charge in [-0.1, -0.05) is 6.07 Å². The van der Waals surface area contributed by atoms with Crippen LogP contribution in [-0.4, -0.2) is 28.5 Å². The highest BCUT2D eigenvalue weighted by molar-refractivity contribution is 7.12. The largest absolute Gasteiger partial charge is 0.317 e. The predicted octanol–water partition coefficient (Wildman–Crippen LogP) is 3.25. The van der Waals surface area contributed by atoms with Gasteiger partial charge in [-0.25, -0.2) is 0 Å². The lowest BCUT2D eigenvalue weighted by Crippen LogP contribution is -2.26. The van der Waals surface area contributed by atoms with E-state index in [2.05, 4.69) is 10.3 Å². The van der Waals surface area contributed by atoms with Crippen molar-refractivity contribution in [3.63, 3.8) is 0 Å². The number of hydrogen-bond acceptors (Lipinski definition) is 4. The molecule has 5 heteroatoms. The Bertz CT molecular complexity index is 801. The van der Waals surface area contributed by atoms with Gasteiger partial charge in [-0.3, -0.25) is 14.3 Å². The van der Waals surface area contributed by atoms with Gasteiger partial charge in [-0.05, 0) is 61.0 Å². The molecule has 1 aliphatic rings. The highest BCUT2D eigenvalue weighted by Crippen LogP contribution is 2.32. The fraction of sp³-hybridized carbons (Fsp3) is 0.294. The van der Waals surface area contributed by atoms with Gasteiger partial charge in [-0.2, -0.15) is 0 Å². The number of fused-ring (bicyclic) bond motifs is 1. The van der Waals surface area contributed by atoms with E-state index in [9.17, 15) is 4.79 Å². The Balaban J connectivity index is 1.83. The predicted molar refractivity (Wildman–Crippen MR) is 88.6 cm³/mol. The number of pyridine rings is 1. The highest BCUT2D eigenvalue weighted by atomic mass is 32.1. The van der Waals surface area contributed by atoms with Crippen molar-refractivity contribution >= 4 is 28.3 Å². The number of carbonyl (C=O) groups excluding carboxylic acids is 1. The van der Waals surface area contributed by atoms with Gasteiger partial charge >= 0.3 is 0 Å². The summed E-state index contributed by atoms with van der Waals surface area (Å²) in [6.07, 6.45) is 6.02. The minimum Gasteiger partial charge on any atom is -0.317 e. The molecule has 1 fully saturated rings. The molecule has 0 aliphatic carbocycles. The number of nitrogens with one attached hydrogen (secondary N) is 1. The minimum absolute atomic E-state index is 0.0354. The first-order valence-electron chi connectivity index (χ1n) is 7.59. The van der Waals surface area contributed by atoms with Crippen LogP contribution in [0, 0.1) is 0 Å². The molecule has 3 aromatic heterocycles. The van der Waals surface area contributed by atoms with E-state index in [0.29, 0.717) is 5.92 Å². The Morgan fingerprint density at radius 3 is 2.91 bits per heavy atom. The number of thiophene rings is 1. The molecule has 4 nitrogen and oxygen atoms in total. The van der Waals surface area contributed by atoms with E-state index < -0.39 is 0 Å². The van der Waals surface area contributed by atoms with Crippen LogP contribution in [-0.2, 0) is 0 Å². The number of nitrogens with zero attached hydrogens (tertiary/aromatic N) is 2. The molecule has 4 rings (SSSR count). The lowest BCUT2D eigenvalue weighted by molar-refractivity contribution is 0.0968. The smallest absolute Gasteiger partial charge is 0.272 e. The summed E-state index contributed by atoms with van der Waals surface area (Å²) >= 11 is 1.48. The third-order valence-electron chi connectivity index (χ3n) is 4.32. The van der Waals surface area contributed by atoms with Crippen molar-refractivity contribution in [3.8, 4) is 0 Å². The van der Waals surface area contributed by atoms with Crippen LogP contribution >= 0.6 is 11.3 Å². The molecule has 22 heavy (non-hydrogen) atoms. The molecular formula is C17H17N3OS. The third-order valence-corrected chi connectivity index (χ3v) is 5.18. The topological polar surface area (TPSA) is 46.9 Å². The van der Waals surface area contributed by atoms with Crippen molar-refractivity contribution in [1.82, 2.24) is 14.9 Å². The van der Waals surface area contributed by atoms with Crippen molar-refractivity contribution < 1.29 is 4.79 Å². The zero-order chi connectivity index (χ0) is 14.9. The van der Waals surface area contributed by atoms with Crippen LogP contribution < -0.4 is 5.32 Å². The summed E-state index contributed by atoms with van der Waals surface area (Å²) in [5, 5.41) is 5.33. The fourth-order valence-electron chi connectivity index (χ4n) is 3.20. The van der Waals surface area contributed by atoms with E-state index in [4.69, 9.17) is 0 Å². The van der Waals surface area contributed by atoms with Crippen molar-refractivity contribution in [1.29, 1.82) is 0 Å². The zero-order valence-corrected chi connectivity index (χ0v) is 13.0. The van der Waals surface area contributed by atoms with Crippen LogP contribution in [0.25, 0.3) is 11.0 Å². The van der Waals surface area contributed by atoms with Gasteiger partial charge in [0.1, 0.15) is 0 Å². The molecule has 0 spiro atoms. The molecule has 1 aliphatic heterocycles. The number of carbonyl (C=O) groups is 1. The molecule has 112 valence electrons. The second-order valence-corrected chi connectivity index (χ2v) is 6.58. The first kappa shape index (κ1) is 13.7. The summed E-state index contributed by atoms with van der Waals surface area (Å²) in [7, 11) is 0. The maximum absolute atomic E-state index is 12.8. The van der Waals surface area contributed by atoms with E-state index in [1.165, 1.54) is 16.9 Å². The molecule has 1 saturated heterocycles. The lowest BCUT2D eigenvalue weighted by Gasteiger charge is -2.21. The van der Waals surface area contributed by atoms with Crippen LogP contribution in [0.2, 0.25) is 0 Å². The summed E-state index contributed by atoms with van der Waals surface area (Å²) in [4.78, 5) is 18.1. The molecular weight excluding hydrogens is 294 g/mol. The van der Waals surface area contributed by atoms with Gasteiger partial charge in [0.25, 0.3) is 5.91 Å². The molecule has 0 amide bonds. The van der Waals surface area contributed by atoms with Crippen LogP contribution in [0.3, 0.4) is 0 Å².